The smallest absolute Gasteiger partial charge is 0.238 e. The van der Waals surface area contributed by atoms with Crippen molar-refractivity contribution in [2.24, 2.45) is 5.73 Å². The largest absolute Gasteiger partial charge is 0.474 e. The minimum atomic E-state index is 0.104. The van der Waals surface area contributed by atoms with Gasteiger partial charge in [-0.25, -0.2) is 0 Å². The second-order valence-electron chi connectivity index (χ2n) is 2.73. The molecule has 0 aromatic carbocycles. The molecule has 0 aliphatic heterocycles. The van der Waals surface area contributed by atoms with Gasteiger partial charge in [0, 0.05) is 12.1 Å². The lowest BCUT2D eigenvalue weighted by molar-refractivity contribution is 0.227. The number of hydrogen-bond donors (Lipinski definition) is 1. The Kier molecular flexibility index (Phi) is 2.99. The van der Waals surface area contributed by atoms with Crippen LogP contribution in [0.1, 0.15) is 19.4 Å². The highest BCUT2D eigenvalue weighted by molar-refractivity contribution is 5.22. The topological polar surface area (TPSA) is 61.0 Å². The molecule has 1 aromatic heterocycles. The summed E-state index contributed by atoms with van der Waals surface area (Å²) in [6.45, 7) is 4.31. The van der Waals surface area contributed by atoms with E-state index in [-0.39, 0.29) is 6.10 Å². The highest BCUT2D eigenvalue weighted by Gasteiger charge is 2.04. The highest BCUT2D eigenvalue weighted by atomic mass is 16.5. The average molecular weight is 167 g/mol. The molecule has 1 heterocycles. The van der Waals surface area contributed by atoms with Crippen LogP contribution in [0.2, 0.25) is 0 Å². The first-order chi connectivity index (χ1) is 5.74. The Morgan fingerprint density at radius 1 is 1.58 bits per heavy atom. The molecule has 0 bridgehead atoms. The molecular weight excluding hydrogens is 154 g/mol. The Morgan fingerprint density at radius 3 is 2.92 bits per heavy atom. The SMILES string of the molecule is CC(C)Oc1nnccc1CN. The summed E-state index contributed by atoms with van der Waals surface area (Å²) in [5.74, 6) is 0.537. The van der Waals surface area contributed by atoms with Crippen molar-refractivity contribution < 1.29 is 4.74 Å². The van der Waals surface area contributed by atoms with Crippen molar-refractivity contribution in [2.75, 3.05) is 0 Å². The molecule has 0 unspecified atom stereocenters. The minimum absolute atomic E-state index is 0.104. The molecule has 2 N–H and O–H groups in total. The van der Waals surface area contributed by atoms with Crippen LogP contribution in [0.15, 0.2) is 12.3 Å². The van der Waals surface area contributed by atoms with E-state index in [0.29, 0.717) is 12.4 Å². The fourth-order valence-electron chi connectivity index (χ4n) is 0.822. The van der Waals surface area contributed by atoms with Crippen LogP contribution >= 0.6 is 0 Å². The summed E-state index contributed by atoms with van der Waals surface area (Å²) in [5.41, 5.74) is 6.37. The monoisotopic (exact) mass is 167 g/mol. The van der Waals surface area contributed by atoms with Crippen LogP contribution in [-0.4, -0.2) is 16.3 Å². The number of hydrogen-bond acceptors (Lipinski definition) is 4. The predicted molar refractivity (Wildman–Crippen MR) is 45.7 cm³/mol. The minimum Gasteiger partial charge on any atom is -0.474 e. The van der Waals surface area contributed by atoms with Crippen LogP contribution in [0.25, 0.3) is 0 Å². The Morgan fingerprint density at radius 2 is 2.33 bits per heavy atom. The second kappa shape index (κ2) is 4.01. The van der Waals surface area contributed by atoms with Gasteiger partial charge in [0.25, 0.3) is 0 Å². The van der Waals surface area contributed by atoms with Gasteiger partial charge >= 0.3 is 0 Å². The maximum atomic E-state index is 5.48. The van der Waals surface area contributed by atoms with Crippen LogP contribution in [0, 0.1) is 0 Å². The number of ether oxygens (including phenoxy) is 1. The zero-order chi connectivity index (χ0) is 8.97. The molecule has 66 valence electrons. The second-order valence-corrected chi connectivity index (χ2v) is 2.73. The number of aromatic nitrogens is 2. The van der Waals surface area contributed by atoms with Gasteiger partial charge in [0.1, 0.15) is 0 Å². The lowest BCUT2D eigenvalue weighted by Gasteiger charge is -2.10. The fraction of sp³-hybridized carbons (Fsp3) is 0.500. The van der Waals surface area contributed by atoms with E-state index in [4.69, 9.17) is 10.5 Å². The van der Waals surface area contributed by atoms with Crippen LogP contribution in [0.3, 0.4) is 0 Å². The van der Waals surface area contributed by atoms with Gasteiger partial charge in [0.05, 0.1) is 12.3 Å². The molecule has 0 amide bonds. The maximum absolute atomic E-state index is 5.48. The van der Waals surface area contributed by atoms with E-state index >= 15 is 0 Å². The summed E-state index contributed by atoms with van der Waals surface area (Å²) in [7, 11) is 0. The quantitative estimate of drug-likeness (QED) is 0.720. The highest BCUT2D eigenvalue weighted by Crippen LogP contribution is 2.13. The normalized spacial score (nSPS) is 10.3. The van der Waals surface area contributed by atoms with Crippen LogP contribution in [-0.2, 0) is 6.54 Å². The van der Waals surface area contributed by atoms with Crippen molar-refractivity contribution in [3.8, 4) is 5.88 Å². The maximum Gasteiger partial charge on any atom is 0.238 e. The van der Waals surface area contributed by atoms with E-state index in [2.05, 4.69) is 10.2 Å². The van der Waals surface area contributed by atoms with E-state index in [9.17, 15) is 0 Å². The van der Waals surface area contributed by atoms with E-state index in [0.717, 1.165) is 5.56 Å². The van der Waals surface area contributed by atoms with Crippen molar-refractivity contribution in [1.29, 1.82) is 0 Å². The van der Waals surface area contributed by atoms with Gasteiger partial charge in [-0.2, -0.15) is 5.10 Å². The zero-order valence-corrected chi connectivity index (χ0v) is 7.32. The van der Waals surface area contributed by atoms with Crippen LogP contribution in [0.4, 0.5) is 0 Å². The van der Waals surface area contributed by atoms with Crippen molar-refractivity contribution >= 4 is 0 Å². The molecule has 0 atom stereocenters. The lowest BCUT2D eigenvalue weighted by atomic mass is 10.3. The van der Waals surface area contributed by atoms with Gasteiger partial charge in [-0.1, -0.05) is 0 Å². The molecular formula is C8H13N3O. The van der Waals surface area contributed by atoms with Crippen molar-refractivity contribution in [3.63, 3.8) is 0 Å². The zero-order valence-electron chi connectivity index (χ0n) is 7.32. The summed E-state index contributed by atoms with van der Waals surface area (Å²) < 4.78 is 5.38. The summed E-state index contributed by atoms with van der Waals surface area (Å²) >= 11 is 0. The molecule has 0 aliphatic carbocycles. The molecule has 0 saturated carbocycles. The van der Waals surface area contributed by atoms with E-state index in [1.807, 2.05) is 19.9 Å². The third kappa shape index (κ3) is 2.17. The van der Waals surface area contributed by atoms with Gasteiger partial charge in [-0.3, -0.25) is 0 Å². The molecule has 0 radical (unpaired) electrons. The van der Waals surface area contributed by atoms with Crippen LogP contribution in [0.5, 0.6) is 5.88 Å². The Balaban J connectivity index is 2.82. The van der Waals surface area contributed by atoms with Gasteiger partial charge in [-0.15, -0.1) is 5.10 Å². The Bertz CT molecular complexity index is 250. The van der Waals surface area contributed by atoms with E-state index in [1.54, 1.807) is 6.20 Å². The molecule has 12 heavy (non-hydrogen) atoms. The van der Waals surface area contributed by atoms with Gasteiger partial charge in [-0.05, 0) is 19.9 Å². The third-order valence-corrected chi connectivity index (χ3v) is 1.33. The molecule has 1 aromatic rings. The first-order valence-corrected chi connectivity index (χ1v) is 3.91. The van der Waals surface area contributed by atoms with E-state index < -0.39 is 0 Å². The fourth-order valence-corrected chi connectivity index (χ4v) is 0.822. The first kappa shape index (κ1) is 8.93. The Labute approximate surface area is 71.8 Å². The Hall–Kier alpha value is -1.16. The molecule has 1 rings (SSSR count). The summed E-state index contributed by atoms with van der Waals surface area (Å²) in [4.78, 5) is 0. The summed E-state index contributed by atoms with van der Waals surface area (Å²) in [6.07, 6.45) is 1.71. The molecule has 0 saturated heterocycles. The van der Waals surface area contributed by atoms with E-state index in [1.165, 1.54) is 0 Å². The molecule has 0 aliphatic rings. The van der Waals surface area contributed by atoms with Gasteiger partial charge < -0.3 is 10.5 Å². The van der Waals surface area contributed by atoms with Crippen molar-refractivity contribution in [1.82, 2.24) is 10.2 Å². The standard InChI is InChI=1S/C8H13N3O/c1-6(2)12-8-7(5-9)3-4-10-11-8/h3-4,6H,5,9H2,1-2H3. The van der Waals surface area contributed by atoms with Crippen LogP contribution < -0.4 is 10.5 Å². The average Bonchev–Trinajstić information content (AvgIpc) is 2.04. The number of rotatable bonds is 3. The van der Waals surface area contributed by atoms with Gasteiger partial charge in [0.15, 0.2) is 0 Å². The number of nitrogens with zero attached hydrogens (tertiary/aromatic N) is 2. The summed E-state index contributed by atoms with van der Waals surface area (Å²) in [6, 6.07) is 1.81. The van der Waals surface area contributed by atoms with Crippen molar-refractivity contribution in [2.45, 2.75) is 26.5 Å². The van der Waals surface area contributed by atoms with Crippen molar-refractivity contribution in [3.05, 3.63) is 17.8 Å². The molecule has 0 fully saturated rings. The lowest BCUT2D eigenvalue weighted by Crippen LogP contribution is -2.11. The summed E-state index contributed by atoms with van der Waals surface area (Å²) in [5, 5.41) is 7.55. The molecule has 4 nitrogen and oxygen atoms in total. The predicted octanol–water partition coefficient (Wildman–Crippen LogP) is 0.722. The third-order valence-electron chi connectivity index (χ3n) is 1.33. The van der Waals surface area contributed by atoms with Gasteiger partial charge in [0.2, 0.25) is 5.88 Å². The molecule has 0 spiro atoms. The number of nitrogens with two attached hydrogens (primary N) is 1. The molecule has 4 heteroatoms. The first-order valence-electron chi connectivity index (χ1n) is 3.91.